The summed E-state index contributed by atoms with van der Waals surface area (Å²) in [5.74, 6) is -1.44. The molecule has 1 unspecified atom stereocenters. The van der Waals surface area contributed by atoms with Gasteiger partial charge in [-0.25, -0.2) is 0 Å². The molecule has 0 spiro atoms. The average molecular weight is 137 g/mol. The van der Waals surface area contributed by atoms with E-state index in [0.717, 1.165) is 6.92 Å². The second kappa shape index (κ2) is 4.31. The molecule has 0 aromatic heterocycles. The Morgan fingerprint density at radius 3 is 2.00 bits per heavy atom. The monoisotopic (exact) mass is 137 g/mol. The molecule has 1 N–H and O–H groups in total. The summed E-state index contributed by atoms with van der Waals surface area (Å²) in [6.45, 7) is 1.13. The molecule has 0 bridgehead atoms. The van der Waals surface area contributed by atoms with Crippen LogP contribution in [0.25, 0.3) is 0 Å². The molecule has 4 heteroatoms. The van der Waals surface area contributed by atoms with Gasteiger partial charge in [0.1, 0.15) is 0 Å². The summed E-state index contributed by atoms with van der Waals surface area (Å²) in [7, 11) is 0. The Bertz CT molecular complexity index is 61.2. The number of hydrogen-bond acceptors (Lipinski definition) is 3. The SMILES string of the molecule is CC(O)C(=O)[O-].[Ti+4]. The first-order valence-corrected chi connectivity index (χ1v) is 1.53. The van der Waals surface area contributed by atoms with E-state index in [1.165, 1.54) is 0 Å². The van der Waals surface area contributed by atoms with Gasteiger partial charge in [0.2, 0.25) is 0 Å². The van der Waals surface area contributed by atoms with Crippen molar-refractivity contribution in [2.45, 2.75) is 13.0 Å². The third kappa shape index (κ3) is 6.14. The molecule has 7 heavy (non-hydrogen) atoms. The van der Waals surface area contributed by atoms with Crippen LogP contribution in [0.1, 0.15) is 6.92 Å². The summed E-state index contributed by atoms with van der Waals surface area (Å²) < 4.78 is 0. The Hall–Kier alpha value is 0.144. The standard InChI is InChI=1S/C3H6O3.Ti/c1-2(4)3(5)6;/h2,4H,1H3,(H,5,6);/q;+4/p-1. The Balaban J connectivity index is 0. The van der Waals surface area contributed by atoms with Crippen molar-refractivity contribution in [2.24, 2.45) is 0 Å². The van der Waals surface area contributed by atoms with Crippen LogP contribution in [0.3, 0.4) is 0 Å². The van der Waals surface area contributed by atoms with Crippen LogP contribution in [0, 0.1) is 0 Å². The van der Waals surface area contributed by atoms with Gasteiger partial charge >= 0.3 is 21.7 Å². The third-order valence-electron chi connectivity index (χ3n) is 0.341. The van der Waals surface area contributed by atoms with Gasteiger partial charge in [-0.1, -0.05) is 0 Å². The molecule has 0 aliphatic heterocycles. The molecule has 0 radical (unpaired) electrons. The summed E-state index contributed by atoms with van der Waals surface area (Å²) in [6, 6.07) is 0. The number of hydrogen-bond donors (Lipinski definition) is 1. The minimum atomic E-state index is -1.44. The number of carboxylic acids is 1. The van der Waals surface area contributed by atoms with E-state index >= 15 is 0 Å². The molecule has 0 aliphatic rings. The molecule has 0 rings (SSSR count). The Morgan fingerprint density at radius 2 is 2.00 bits per heavy atom. The summed E-state index contributed by atoms with van der Waals surface area (Å²) in [5, 5.41) is 17.3. The molecule has 3 nitrogen and oxygen atoms in total. The van der Waals surface area contributed by atoms with Crippen molar-refractivity contribution in [1.29, 1.82) is 0 Å². The molecule has 0 heterocycles. The third-order valence-corrected chi connectivity index (χ3v) is 0.341. The van der Waals surface area contributed by atoms with Crippen molar-refractivity contribution >= 4 is 5.97 Å². The van der Waals surface area contributed by atoms with E-state index in [4.69, 9.17) is 5.11 Å². The van der Waals surface area contributed by atoms with E-state index in [0.29, 0.717) is 0 Å². The maximum atomic E-state index is 9.34. The van der Waals surface area contributed by atoms with Gasteiger partial charge in [-0.05, 0) is 6.92 Å². The summed E-state index contributed by atoms with van der Waals surface area (Å²) in [5.41, 5.74) is 0. The molecule has 36 valence electrons. The van der Waals surface area contributed by atoms with Gasteiger partial charge < -0.3 is 15.0 Å². The van der Waals surface area contributed by atoms with Crippen LogP contribution in [0.5, 0.6) is 0 Å². The summed E-state index contributed by atoms with van der Waals surface area (Å²) >= 11 is 0. The van der Waals surface area contributed by atoms with Crippen molar-refractivity contribution in [1.82, 2.24) is 0 Å². The fourth-order valence-electron chi connectivity index (χ4n) is 0. The Morgan fingerprint density at radius 1 is 1.86 bits per heavy atom. The number of aliphatic hydroxyl groups is 1. The van der Waals surface area contributed by atoms with Gasteiger partial charge in [-0.3, -0.25) is 0 Å². The molecule has 1 atom stereocenters. The number of carbonyl (C=O) groups excluding carboxylic acids is 1. The zero-order chi connectivity index (χ0) is 5.15. The Labute approximate surface area is 56.2 Å². The second-order valence-electron chi connectivity index (χ2n) is 0.995. The predicted molar refractivity (Wildman–Crippen MR) is 16.7 cm³/mol. The Kier molecular flexibility index (Phi) is 6.27. The minimum Gasteiger partial charge on any atom is -0.547 e. The predicted octanol–water partition coefficient (Wildman–Crippen LogP) is -1.89. The number of aliphatic carboxylic acids is 1. The van der Waals surface area contributed by atoms with E-state index in [9.17, 15) is 9.90 Å². The van der Waals surface area contributed by atoms with Crippen LogP contribution in [0.4, 0.5) is 0 Å². The quantitative estimate of drug-likeness (QED) is 0.430. The number of aliphatic hydroxyl groups excluding tert-OH is 1. The summed E-state index contributed by atoms with van der Waals surface area (Å²) in [6.07, 6.45) is -1.34. The topological polar surface area (TPSA) is 60.4 Å². The molecule has 0 aromatic rings. The largest absolute Gasteiger partial charge is 4.00 e. The fraction of sp³-hybridized carbons (Fsp3) is 0.667. The first-order valence-electron chi connectivity index (χ1n) is 1.53. The minimum absolute atomic E-state index is 0. The van der Waals surface area contributed by atoms with Crippen molar-refractivity contribution in [3.05, 3.63) is 0 Å². The van der Waals surface area contributed by atoms with Crippen LogP contribution < -0.4 is 5.11 Å². The van der Waals surface area contributed by atoms with E-state index < -0.39 is 12.1 Å². The maximum Gasteiger partial charge on any atom is 4.00 e. The molecule has 0 aliphatic carbocycles. The molecule has 0 aromatic carbocycles. The van der Waals surface area contributed by atoms with Crippen LogP contribution in [-0.2, 0) is 26.5 Å². The van der Waals surface area contributed by atoms with Gasteiger partial charge in [0.15, 0.2) is 0 Å². The number of rotatable bonds is 1. The van der Waals surface area contributed by atoms with Gasteiger partial charge in [-0.15, -0.1) is 0 Å². The van der Waals surface area contributed by atoms with Crippen molar-refractivity contribution < 1.29 is 36.7 Å². The molecule has 0 saturated heterocycles. The van der Waals surface area contributed by atoms with Gasteiger partial charge in [0, 0.05) is 0 Å². The van der Waals surface area contributed by atoms with Gasteiger partial charge in [-0.2, -0.15) is 0 Å². The van der Waals surface area contributed by atoms with Crippen LogP contribution in [-0.4, -0.2) is 17.2 Å². The van der Waals surface area contributed by atoms with E-state index in [2.05, 4.69) is 0 Å². The zero-order valence-corrected chi connectivity index (χ0v) is 5.40. The van der Waals surface area contributed by atoms with E-state index in [1.807, 2.05) is 0 Å². The molecular formula is C3H5O3Ti+3. The van der Waals surface area contributed by atoms with Crippen molar-refractivity contribution in [2.75, 3.05) is 0 Å². The fourth-order valence-corrected chi connectivity index (χ4v) is 0. The zero-order valence-electron chi connectivity index (χ0n) is 3.84. The molecule has 0 amide bonds. The first kappa shape index (κ1) is 10.2. The second-order valence-corrected chi connectivity index (χ2v) is 0.995. The van der Waals surface area contributed by atoms with Crippen molar-refractivity contribution in [3.8, 4) is 0 Å². The van der Waals surface area contributed by atoms with Gasteiger partial charge in [0.05, 0.1) is 12.1 Å². The molecule has 0 saturated carbocycles. The van der Waals surface area contributed by atoms with Crippen molar-refractivity contribution in [3.63, 3.8) is 0 Å². The molecule has 0 fully saturated rings. The van der Waals surface area contributed by atoms with Crippen LogP contribution in [0.15, 0.2) is 0 Å². The van der Waals surface area contributed by atoms with Crippen LogP contribution >= 0.6 is 0 Å². The number of carbonyl (C=O) groups is 1. The first-order chi connectivity index (χ1) is 2.64. The summed E-state index contributed by atoms with van der Waals surface area (Å²) in [4.78, 5) is 9.34. The maximum absolute atomic E-state index is 9.34. The van der Waals surface area contributed by atoms with Crippen LogP contribution in [0.2, 0.25) is 0 Å². The smallest absolute Gasteiger partial charge is 0.547 e. The normalized spacial score (nSPS) is 11.7. The van der Waals surface area contributed by atoms with Gasteiger partial charge in [0.25, 0.3) is 0 Å². The average Bonchev–Trinajstić information content (AvgIpc) is 1.36. The molecular weight excluding hydrogens is 132 g/mol. The number of carboxylic acid groups (broad SMARTS) is 1. The van der Waals surface area contributed by atoms with E-state index in [1.54, 1.807) is 0 Å². The van der Waals surface area contributed by atoms with E-state index in [-0.39, 0.29) is 21.7 Å².